The van der Waals surface area contributed by atoms with Gasteiger partial charge in [-0.1, -0.05) is 0 Å². The van der Waals surface area contributed by atoms with Crippen molar-refractivity contribution in [3.05, 3.63) is 23.4 Å². The Bertz CT molecular complexity index is 568. The molecule has 0 saturated carbocycles. The number of amides is 1. The van der Waals surface area contributed by atoms with Crippen LogP contribution in [0.5, 0.6) is 0 Å². The number of pyridine rings is 1. The van der Waals surface area contributed by atoms with Gasteiger partial charge in [0.25, 0.3) is 0 Å². The third-order valence-corrected chi connectivity index (χ3v) is 3.35. The zero-order valence-electron chi connectivity index (χ0n) is 11.5. The standard InChI is InChI=1S/C14H16N2O4/c1-16-12(18)5-3-9-7-10(8-15-14(9)16)11(17)4-6-13(19)20-2/h7-8H,3-6H2,1-2H3. The number of esters is 1. The quantitative estimate of drug-likeness (QED) is 0.608. The SMILES string of the molecule is COC(=O)CCC(=O)c1cnc2c(c1)CCC(=O)N2C. The van der Waals surface area contributed by atoms with E-state index >= 15 is 0 Å². The van der Waals surface area contributed by atoms with E-state index in [0.29, 0.717) is 24.2 Å². The molecule has 0 aromatic carbocycles. The number of hydrogen-bond acceptors (Lipinski definition) is 5. The summed E-state index contributed by atoms with van der Waals surface area (Å²) in [4.78, 5) is 40.2. The predicted molar refractivity (Wildman–Crippen MR) is 71.5 cm³/mol. The minimum absolute atomic E-state index is 0.0229. The Kier molecular flexibility index (Phi) is 4.12. The number of Topliss-reactive ketones (excluding diaryl/α,β-unsaturated/α-hetero) is 1. The number of rotatable bonds is 4. The molecule has 0 spiro atoms. The van der Waals surface area contributed by atoms with Gasteiger partial charge >= 0.3 is 5.97 Å². The van der Waals surface area contributed by atoms with Crippen LogP contribution in [0.25, 0.3) is 0 Å². The number of hydrogen-bond donors (Lipinski definition) is 0. The molecule has 0 atom stereocenters. The number of methoxy groups -OCH3 is 1. The minimum Gasteiger partial charge on any atom is -0.469 e. The van der Waals surface area contributed by atoms with Crippen molar-refractivity contribution >= 4 is 23.5 Å². The third-order valence-electron chi connectivity index (χ3n) is 3.35. The lowest BCUT2D eigenvalue weighted by Crippen LogP contribution is -2.32. The van der Waals surface area contributed by atoms with Gasteiger partial charge in [-0.25, -0.2) is 4.98 Å². The van der Waals surface area contributed by atoms with Gasteiger partial charge in [-0.05, 0) is 18.1 Å². The van der Waals surface area contributed by atoms with Crippen molar-refractivity contribution in [1.82, 2.24) is 4.98 Å². The first-order chi connectivity index (χ1) is 9.52. The molecule has 0 unspecified atom stereocenters. The number of nitrogens with zero attached hydrogens (tertiary/aromatic N) is 2. The van der Waals surface area contributed by atoms with Crippen LogP contribution in [-0.2, 0) is 20.7 Å². The van der Waals surface area contributed by atoms with Gasteiger partial charge in [-0.3, -0.25) is 19.3 Å². The fourth-order valence-electron chi connectivity index (χ4n) is 2.13. The van der Waals surface area contributed by atoms with Crippen LogP contribution >= 0.6 is 0 Å². The highest BCUT2D eigenvalue weighted by atomic mass is 16.5. The number of aromatic nitrogens is 1. The van der Waals surface area contributed by atoms with E-state index < -0.39 is 5.97 Å². The lowest BCUT2D eigenvalue weighted by Gasteiger charge is -2.24. The fraction of sp³-hybridized carbons (Fsp3) is 0.429. The Hall–Kier alpha value is -2.24. The van der Waals surface area contributed by atoms with Crippen LogP contribution in [0.1, 0.15) is 35.2 Å². The van der Waals surface area contributed by atoms with E-state index in [1.54, 1.807) is 13.1 Å². The molecule has 2 rings (SSSR count). The van der Waals surface area contributed by atoms with E-state index in [9.17, 15) is 14.4 Å². The second kappa shape index (κ2) is 5.81. The molecule has 0 N–H and O–H groups in total. The van der Waals surface area contributed by atoms with Crippen LogP contribution in [-0.4, -0.2) is 36.8 Å². The summed E-state index contributed by atoms with van der Waals surface area (Å²) in [5.74, 6) is 0.0698. The van der Waals surface area contributed by atoms with Crippen LogP contribution in [0.4, 0.5) is 5.82 Å². The zero-order chi connectivity index (χ0) is 14.7. The molecule has 0 radical (unpaired) electrons. The summed E-state index contributed by atoms with van der Waals surface area (Å²) >= 11 is 0. The second-order valence-corrected chi connectivity index (χ2v) is 4.66. The highest BCUT2D eigenvalue weighted by Crippen LogP contribution is 2.25. The maximum absolute atomic E-state index is 12.0. The van der Waals surface area contributed by atoms with Gasteiger partial charge in [0.05, 0.1) is 13.5 Å². The molecule has 20 heavy (non-hydrogen) atoms. The third kappa shape index (κ3) is 2.84. The molecule has 0 bridgehead atoms. The van der Waals surface area contributed by atoms with E-state index in [4.69, 9.17) is 0 Å². The summed E-state index contributed by atoms with van der Waals surface area (Å²) in [5, 5.41) is 0. The maximum Gasteiger partial charge on any atom is 0.305 e. The van der Waals surface area contributed by atoms with Crippen LogP contribution in [0.15, 0.2) is 12.3 Å². The van der Waals surface area contributed by atoms with Crippen LogP contribution < -0.4 is 4.90 Å². The smallest absolute Gasteiger partial charge is 0.305 e. The Morgan fingerprint density at radius 1 is 1.35 bits per heavy atom. The zero-order valence-corrected chi connectivity index (χ0v) is 11.5. The Labute approximate surface area is 116 Å². The number of carbonyl (C=O) groups is 3. The first-order valence-electron chi connectivity index (χ1n) is 6.38. The predicted octanol–water partition coefficient (Wildman–Crippen LogP) is 1.13. The normalized spacial score (nSPS) is 13.9. The maximum atomic E-state index is 12.0. The van der Waals surface area contributed by atoms with Gasteiger partial charge in [-0.15, -0.1) is 0 Å². The van der Waals surface area contributed by atoms with Crippen LogP contribution in [0.3, 0.4) is 0 Å². The van der Waals surface area contributed by atoms with Crippen LogP contribution in [0.2, 0.25) is 0 Å². The molecular weight excluding hydrogens is 260 g/mol. The number of anilines is 1. The van der Waals surface area contributed by atoms with E-state index in [1.165, 1.54) is 18.2 Å². The summed E-state index contributed by atoms with van der Waals surface area (Å²) < 4.78 is 4.50. The van der Waals surface area contributed by atoms with Crippen molar-refractivity contribution in [3.63, 3.8) is 0 Å². The first kappa shape index (κ1) is 14.2. The summed E-state index contributed by atoms with van der Waals surface area (Å²) in [6, 6.07) is 1.75. The van der Waals surface area contributed by atoms with Gasteiger partial charge < -0.3 is 4.74 Å². The van der Waals surface area contributed by atoms with E-state index in [1.807, 2.05) is 0 Å². The fourth-order valence-corrected chi connectivity index (χ4v) is 2.13. The van der Waals surface area contributed by atoms with Crippen molar-refractivity contribution in [3.8, 4) is 0 Å². The number of ketones is 1. The molecule has 106 valence electrons. The summed E-state index contributed by atoms with van der Waals surface area (Å²) in [7, 11) is 2.96. The molecule has 0 aliphatic carbocycles. The van der Waals surface area contributed by atoms with Crippen molar-refractivity contribution in [1.29, 1.82) is 0 Å². The molecule has 1 amide bonds. The van der Waals surface area contributed by atoms with Crippen LogP contribution in [0, 0.1) is 0 Å². The number of carbonyl (C=O) groups excluding carboxylic acids is 3. The molecule has 0 saturated heterocycles. The highest BCUT2D eigenvalue weighted by Gasteiger charge is 2.23. The largest absolute Gasteiger partial charge is 0.469 e. The average molecular weight is 276 g/mol. The van der Waals surface area contributed by atoms with Gasteiger partial charge in [-0.2, -0.15) is 0 Å². The number of ether oxygens (including phenoxy) is 1. The number of aryl methyl sites for hydroxylation is 1. The van der Waals surface area contributed by atoms with E-state index in [-0.39, 0.29) is 24.5 Å². The second-order valence-electron chi connectivity index (χ2n) is 4.66. The van der Waals surface area contributed by atoms with E-state index in [0.717, 1.165) is 5.56 Å². The molecule has 1 aromatic heterocycles. The highest BCUT2D eigenvalue weighted by molar-refractivity contribution is 5.99. The van der Waals surface area contributed by atoms with E-state index in [2.05, 4.69) is 9.72 Å². The Balaban J connectivity index is 2.13. The van der Waals surface area contributed by atoms with Crippen molar-refractivity contribution in [2.45, 2.75) is 25.7 Å². The molecule has 6 heteroatoms. The molecule has 1 aliphatic rings. The van der Waals surface area contributed by atoms with Gasteiger partial charge in [0, 0.05) is 31.6 Å². The Morgan fingerprint density at radius 2 is 2.10 bits per heavy atom. The van der Waals surface area contributed by atoms with Crippen molar-refractivity contribution < 1.29 is 19.1 Å². The minimum atomic E-state index is -0.408. The summed E-state index contributed by atoms with van der Waals surface area (Å²) in [5.41, 5.74) is 1.35. The molecule has 2 heterocycles. The van der Waals surface area contributed by atoms with Gasteiger partial charge in [0.15, 0.2) is 5.78 Å². The molecule has 1 aromatic rings. The summed E-state index contributed by atoms with van der Waals surface area (Å²) in [6.45, 7) is 0. The topological polar surface area (TPSA) is 76.6 Å². The lowest BCUT2D eigenvalue weighted by atomic mass is 10.0. The monoisotopic (exact) mass is 276 g/mol. The van der Waals surface area contributed by atoms with Crippen molar-refractivity contribution in [2.24, 2.45) is 0 Å². The molecule has 6 nitrogen and oxygen atoms in total. The Morgan fingerprint density at radius 3 is 2.80 bits per heavy atom. The lowest BCUT2D eigenvalue weighted by molar-refractivity contribution is -0.140. The summed E-state index contributed by atoms with van der Waals surface area (Å²) in [6.07, 6.45) is 2.62. The first-order valence-corrected chi connectivity index (χ1v) is 6.38. The van der Waals surface area contributed by atoms with Gasteiger partial charge in [0.2, 0.25) is 5.91 Å². The number of fused-ring (bicyclic) bond motifs is 1. The molecule has 1 aliphatic heterocycles. The average Bonchev–Trinajstić information content (AvgIpc) is 2.47. The molecular formula is C14H16N2O4. The molecule has 0 fully saturated rings. The van der Waals surface area contributed by atoms with Gasteiger partial charge in [0.1, 0.15) is 5.82 Å². The van der Waals surface area contributed by atoms with Crippen molar-refractivity contribution in [2.75, 3.05) is 19.1 Å².